The number of fused-ring (bicyclic) bond motifs is 1. The summed E-state index contributed by atoms with van der Waals surface area (Å²) >= 11 is 11.8. The number of nitrogens with zero attached hydrogens (tertiary/aromatic N) is 2. The van der Waals surface area contributed by atoms with Gasteiger partial charge in [-0.2, -0.15) is 0 Å². The van der Waals surface area contributed by atoms with E-state index in [2.05, 4.69) is 5.32 Å². The number of benzene rings is 1. The zero-order valence-electron chi connectivity index (χ0n) is 12.5. The summed E-state index contributed by atoms with van der Waals surface area (Å²) in [4.78, 5) is 39.9. The second-order valence-electron chi connectivity index (χ2n) is 5.70. The summed E-state index contributed by atoms with van der Waals surface area (Å²) in [5, 5.41) is 12.3. The molecule has 0 aliphatic carbocycles. The van der Waals surface area contributed by atoms with Gasteiger partial charge in [-0.05, 0) is 18.2 Å². The van der Waals surface area contributed by atoms with Crippen LogP contribution in [0.4, 0.5) is 0 Å². The predicted molar refractivity (Wildman–Crippen MR) is 86.9 cm³/mol. The minimum atomic E-state index is -0.914. The van der Waals surface area contributed by atoms with E-state index in [4.69, 9.17) is 28.3 Å². The van der Waals surface area contributed by atoms with E-state index in [0.29, 0.717) is 15.6 Å². The number of rotatable bonds is 2. The lowest BCUT2D eigenvalue weighted by Crippen LogP contribution is -2.70. The molecule has 2 heterocycles. The van der Waals surface area contributed by atoms with Crippen LogP contribution in [-0.2, 0) is 9.59 Å². The molecule has 0 spiro atoms. The van der Waals surface area contributed by atoms with E-state index >= 15 is 0 Å². The number of aliphatic hydroxyl groups is 1. The van der Waals surface area contributed by atoms with Gasteiger partial charge in [0.05, 0.1) is 13.2 Å². The minimum absolute atomic E-state index is 0.0820. The van der Waals surface area contributed by atoms with Crippen molar-refractivity contribution >= 4 is 40.9 Å². The summed E-state index contributed by atoms with van der Waals surface area (Å²) in [6.07, 6.45) is 0. The summed E-state index contributed by atoms with van der Waals surface area (Å²) in [5.41, 5.74) is 0.330. The molecule has 1 aromatic carbocycles. The highest BCUT2D eigenvalue weighted by molar-refractivity contribution is 6.35. The van der Waals surface area contributed by atoms with Gasteiger partial charge in [0.1, 0.15) is 12.1 Å². The Hall–Kier alpha value is -1.83. The largest absolute Gasteiger partial charge is 0.394 e. The molecular weight excluding hydrogens is 357 g/mol. The number of nitrogens with one attached hydrogen (secondary N) is 1. The Kier molecular flexibility index (Phi) is 4.67. The van der Waals surface area contributed by atoms with Crippen molar-refractivity contribution in [3.05, 3.63) is 33.8 Å². The van der Waals surface area contributed by atoms with Crippen LogP contribution in [0.2, 0.25) is 10.0 Å². The quantitative estimate of drug-likeness (QED) is 0.773. The lowest BCUT2D eigenvalue weighted by Gasteiger charge is -2.44. The molecule has 2 aliphatic heterocycles. The van der Waals surface area contributed by atoms with Crippen LogP contribution in [0, 0.1) is 0 Å². The Bertz CT molecular complexity index is 692. The van der Waals surface area contributed by atoms with Crippen molar-refractivity contribution in [2.24, 2.45) is 0 Å². The summed E-state index contributed by atoms with van der Waals surface area (Å²) in [6, 6.07) is 2.88. The van der Waals surface area contributed by atoms with E-state index in [1.54, 1.807) is 0 Å². The fourth-order valence-corrected chi connectivity index (χ4v) is 3.50. The Morgan fingerprint density at radius 3 is 2.50 bits per heavy atom. The smallest absolute Gasteiger partial charge is 0.254 e. The normalized spacial score (nSPS) is 23.8. The van der Waals surface area contributed by atoms with E-state index in [9.17, 15) is 14.4 Å². The third-order valence-corrected chi connectivity index (χ3v) is 4.60. The molecular formula is C15H15Cl2N3O4. The van der Waals surface area contributed by atoms with E-state index in [1.807, 2.05) is 0 Å². The van der Waals surface area contributed by atoms with Crippen molar-refractivity contribution in [1.29, 1.82) is 0 Å². The van der Waals surface area contributed by atoms with Gasteiger partial charge in [0.2, 0.25) is 11.8 Å². The Balaban J connectivity index is 1.78. The van der Waals surface area contributed by atoms with E-state index in [1.165, 1.54) is 28.0 Å². The Morgan fingerprint density at radius 2 is 1.88 bits per heavy atom. The fourth-order valence-electron chi connectivity index (χ4n) is 2.97. The monoisotopic (exact) mass is 371 g/mol. The molecule has 0 saturated carbocycles. The number of carbonyl (C=O) groups is 3. The fraction of sp³-hybridized carbons (Fsp3) is 0.400. The van der Waals surface area contributed by atoms with Crippen molar-refractivity contribution in [3.8, 4) is 0 Å². The average Bonchev–Trinajstić information content (AvgIpc) is 2.56. The van der Waals surface area contributed by atoms with Crippen LogP contribution >= 0.6 is 23.2 Å². The predicted octanol–water partition coefficient (Wildman–Crippen LogP) is 0.137. The van der Waals surface area contributed by atoms with E-state index in [-0.39, 0.29) is 37.4 Å². The molecule has 1 aromatic rings. The SMILES string of the molecule is O=C1N[C@@H](CO)C(=O)N2CCN(C(=O)c3cc(Cl)cc(Cl)c3)C[C@H]12. The molecule has 9 heteroatoms. The molecule has 2 saturated heterocycles. The number of halogens is 2. The van der Waals surface area contributed by atoms with Gasteiger partial charge in [0, 0.05) is 28.7 Å². The van der Waals surface area contributed by atoms with Crippen molar-refractivity contribution in [2.75, 3.05) is 26.2 Å². The first-order chi connectivity index (χ1) is 11.4. The summed E-state index contributed by atoms with van der Waals surface area (Å²) in [5.74, 6) is -1.01. The molecule has 128 valence electrons. The van der Waals surface area contributed by atoms with Crippen LogP contribution < -0.4 is 5.32 Å². The van der Waals surface area contributed by atoms with Gasteiger partial charge < -0.3 is 20.2 Å². The molecule has 2 aliphatic rings. The first-order valence-electron chi connectivity index (χ1n) is 7.38. The number of hydrogen-bond donors (Lipinski definition) is 2. The lowest BCUT2D eigenvalue weighted by atomic mass is 10.0. The van der Waals surface area contributed by atoms with E-state index < -0.39 is 18.7 Å². The highest BCUT2D eigenvalue weighted by atomic mass is 35.5. The first kappa shape index (κ1) is 17.0. The van der Waals surface area contributed by atoms with Gasteiger partial charge in [0.15, 0.2) is 0 Å². The van der Waals surface area contributed by atoms with E-state index in [0.717, 1.165) is 0 Å². The van der Waals surface area contributed by atoms with Gasteiger partial charge in [0.25, 0.3) is 5.91 Å². The van der Waals surface area contributed by atoms with Crippen LogP contribution in [-0.4, -0.2) is 71.0 Å². The molecule has 24 heavy (non-hydrogen) atoms. The molecule has 2 N–H and O–H groups in total. The van der Waals surface area contributed by atoms with Crippen molar-refractivity contribution in [2.45, 2.75) is 12.1 Å². The Morgan fingerprint density at radius 1 is 1.21 bits per heavy atom. The van der Waals surface area contributed by atoms with Crippen LogP contribution in [0.15, 0.2) is 18.2 Å². The zero-order chi connectivity index (χ0) is 17.4. The minimum Gasteiger partial charge on any atom is -0.394 e. The second-order valence-corrected chi connectivity index (χ2v) is 6.57. The third kappa shape index (κ3) is 3.07. The van der Waals surface area contributed by atoms with Crippen LogP contribution in [0.5, 0.6) is 0 Å². The summed E-state index contributed by atoms with van der Waals surface area (Å²) in [6.45, 7) is 0.153. The standard InChI is InChI=1S/C15H15Cl2N3O4/c16-9-3-8(4-10(17)5-9)14(23)19-1-2-20-12(6-19)13(22)18-11(7-21)15(20)24/h3-5,11-12,21H,1-2,6-7H2,(H,18,22)/t11-,12+/m0/s1. The molecule has 0 radical (unpaired) electrons. The van der Waals surface area contributed by atoms with Gasteiger partial charge in [-0.3, -0.25) is 14.4 Å². The summed E-state index contributed by atoms with van der Waals surface area (Å²) in [7, 11) is 0. The van der Waals surface area contributed by atoms with Crippen LogP contribution in [0.25, 0.3) is 0 Å². The molecule has 2 fully saturated rings. The number of amides is 3. The number of hydrogen-bond acceptors (Lipinski definition) is 4. The highest BCUT2D eigenvalue weighted by Gasteiger charge is 2.44. The lowest BCUT2D eigenvalue weighted by molar-refractivity contribution is -0.153. The molecule has 0 unspecified atom stereocenters. The molecule has 3 amide bonds. The first-order valence-corrected chi connectivity index (χ1v) is 8.13. The number of piperazine rings is 2. The summed E-state index contributed by atoms with van der Waals surface area (Å²) < 4.78 is 0. The van der Waals surface area contributed by atoms with Crippen LogP contribution in [0.3, 0.4) is 0 Å². The Labute approximate surface area is 148 Å². The van der Waals surface area contributed by atoms with Crippen molar-refractivity contribution in [1.82, 2.24) is 15.1 Å². The van der Waals surface area contributed by atoms with Crippen molar-refractivity contribution < 1.29 is 19.5 Å². The van der Waals surface area contributed by atoms with Gasteiger partial charge >= 0.3 is 0 Å². The van der Waals surface area contributed by atoms with Crippen molar-refractivity contribution in [3.63, 3.8) is 0 Å². The zero-order valence-corrected chi connectivity index (χ0v) is 14.0. The maximum absolute atomic E-state index is 12.6. The molecule has 0 bridgehead atoms. The highest BCUT2D eigenvalue weighted by Crippen LogP contribution is 2.22. The number of aliphatic hydroxyl groups excluding tert-OH is 1. The average molecular weight is 372 g/mol. The van der Waals surface area contributed by atoms with Gasteiger partial charge in [-0.15, -0.1) is 0 Å². The number of carbonyl (C=O) groups excluding carboxylic acids is 3. The molecule has 0 aromatic heterocycles. The molecule has 2 atom stereocenters. The van der Waals surface area contributed by atoms with Gasteiger partial charge in [-0.1, -0.05) is 23.2 Å². The second kappa shape index (κ2) is 6.58. The topological polar surface area (TPSA) is 89.9 Å². The molecule has 3 rings (SSSR count). The maximum atomic E-state index is 12.6. The van der Waals surface area contributed by atoms with Gasteiger partial charge in [-0.25, -0.2) is 0 Å². The third-order valence-electron chi connectivity index (χ3n) is 4.16. The molecule has 7 nitrogen and oxygen atoms in total. The van der Waals surface area contributed by atoms with Crippen LogP contribution in [0.1, 0.15) is 10.4 Å². The maximum Gasteiger partial charge on any atom is 0.254 e.